The van der Waals surface area contributed by atoms with E-state index >= 15 is 0 Å². The highest BCUT2D eigenvalue weighted by molar-refractivity contribution is 7.85. The highest BCUT2D eigenvalue weighted by atomic mass is 32.2. The van der Waals surface area contributed by atoms with Crippen molar-refractivity contribution in [2.24, 2.45) is 0 Å². The van der Waals surface area contributed by atoms with Crippen LogP contribution >= 0.6 is 11.3 Å². The Labute approximate surface area is 145 Å². The monoisotopic (exact) mass is 361 g/mol. The van der Waals surface area contributed by atoms with E-state index in [0.29, 0.717) is 15.0 Å². The number of rotatable bonds is 4. The van der Waals surface area contributed by atoms with Gasteiger partial charge in [0.2, 0.25) is 0 Å². The number of ether oxygens (including phenoxy) is 1. The summed E-state index contributed by atoms with van der Waals surface area (Å²) in [6.45, 7) is 1.94. The number of nitrogens with two attached hydrogens (primary N) is 1. The van der Waals surface area contributed by atoms with Crippen LogP contribution in [-0.2, 0) is 15.5 Å². The predicted octanol–water partition coefficient (Wildman–Crippen LogP) is 3.53. The standard InChI is InChI=1S/C17H15NO4S2/c1-2-22-17(20)13-11-8-9-12(14(19)15(11)23-16(13)18)24(21)10-6-4-3-5-7-10/h3-9,19H,2,18H2,1H3/t24-/m0/s1. The number of benzene rings is 2. The second-order valence-electron chi connectivity index (χ2n) is 4.93. The Morgan fingerprint density at radius 2 is 1.96 bits per heavy atom. The summed E-state index contributed by atoms with van der Waals surface area (Å²) >= 11 is 1.08. The number of hydrogen-bond acceptors (Lipinski definition) is 6. The first-order valence-corrected chi connectivity index (χ1v) is 9.19. The summed E-state index contributed by atoms with van der Waals surface area (Å²) in [6, 6.07) is 12.0. The molecule has 2 aromatic carbocycles. The van der Waals surface area contributed by atoms with Gasteiger partial charge in [0.05, 0.1) is 27.0 Å². The molecule has 0 aliphatic heterocycles. The molecule has 0 spiro atoms. The second-order valence-corrected chi connectivity index (χ2v) is 7.43. The molecule has 24 heavy (non-hydrogen) atoms. The van der Waals surface area contributed by atoms with Crippen LogP contribution in [0.4, 0.5) is 5.00 Å². The minimum absolute atomic E-state index is 0.123. The quantitative estimate of drug-likeness (QED) is 0.694. The number of nitrogen functional groups attached to an aromatic ring is 1. The summed E-state index contributed by atoms with van der Waals surface area (Å²) in [5.74, 6) is -0.653. The lowest BCUT2D eigenvalue weighted by Crippen LogP contribution is -2.06. The van der Waals surface area contributed by atoms with Crippen LogP contribution in [0.15, 0.2) is 52.3 Å². The molecule has 1 heterocycles. The minimum Gasteiger partial charge on any atom is -0.505 e. The first kappa shape index (κ1) is 16.5. The van der Waals surface area contributed by atoms with Crippen LogP contribution in [0.5, 0.6) is 5.75 Å². The van der Waals surface area contributed by atoms with E-state index in [1.165, 1.54) is 0 Å². The topological polar surface area (TPSA) is 89.6 Å². The van der Waals surface area contributed by atoms with Gasteiger partial charge >= 0.3 is 5.97 Å². The van der Waals surface area contributed by atoms with Crippen LogP contribution in [0.2, 0.25) is 0 Å². The lowest BCUT2D eigenvalue weighted by molar-refractivity contribution is 0.0530. The van der Waals surface area contributed by atoms with Gasteiger partial charge in [-0.2, -0.15) is 0 Å². The Morgan fingerprint density at radius 1 is 1.25 bits per heavy atom. The Hall–Kier alpha value is -2.38. The van der Waals surface area contributed by atoms with Gasteiger partial charge in [0, 0.05) is 10.3 Å². The van der Waals surface area contributed by atoms with Gasteiger partial charge in [-0.3, -0.25) is 0 Å². The summed E-state index contributed by atoms with van der Waals surface area (Å²) in [7, 11) is -1.53. The number of carbonyl (C=O) groups excluding carboxylic acids is 1. The summed E-state index contributed by atoms with van der Waals surface area (Å²) in [5.41, 5.74) is 6.16. The molecule has 0 fully saturated rings. The molecule has 0 bridgehead atoms. The fraction of sp³-hybridized carbons (Fsp3) is 0.118. The molecule has 0 saturated carbocycles. The number of hydrogen-bond donors (Lipinski definition) is 2. The van der Waals surface area contributed by atoms with Crippen molar-refractivity contribution in [3.63, 3.8) is 0 Å². The van der Waals surface area contributed by atoms with Crippen LogP contribution in [-0.4, -0.2) is 21.9 Å². The van der Waals surface area contributed by atoms with Crippen molar-refractivity contribution in [1.82, 2.24) is 0 Å². The van der Waals surface area contributed by atoms with E-state index in [4.69, 9.17) is 10.5 Å². The number of aromatic hydroxyl groups is 1. The molecule has 124 valence electrons. The number of esters is 1. The number of fused-ring (bicyclic) bond motifs is 1. The fourth-order valence-corrected chi connectivity index (χ4v) is 4.58. The zero-order valence-electron chi connectivity index (χ0n) is 12.8. The first-order chi connectivity index (χ1) is 11.5. The number of carbonyl (C=O) groups is 1. The largest absolute Gasteiger partial charge is 0.505 e. The zero-order valence-corrected chi connectivity index (χ0v) is 14.4. The molecule has 0 amide bonds. The van der Waals surface area contributed by atoms with E-state index in [0.717, 1.165) is 11.3 Å². The highest BCUT2D eigenvalue weighted by Gasteiger charge is 2.23. The SMILES string of the molecule is CCOC(=O)c1c(N)sc2c(O)c([S@@](=O)c3ccccc3)ccc12. The van der Waals surface area contributed by atoms with Crippen molar-refractivity contribution in [2.75, 3.05) is 12.3 Å². The van der Waals surface area contributed by atoms with Crippen molar-refractivity contribution in [1.29, 1.82) is 0 Å². The van der Waals surface area contributed by atoms with Gasteiger partial charge < -0.3 is 15.6 Å². The van der Waals surface area contributed by atoms with Crippen LogP contribution in [0.3, 0.4) is 0 Å². The van der Waals surface area contributed by atoms with E-state index in [-0.39, 0.29) is 27.8 Å². The van der Waals surface area contributed by atoms with Crippen LogP contribution < -0.4 is 5.73 Å². The van der Waals surface area contributed by atoms with Crippen molar-refractivity contribution in [2.45, 2.75) is 16.7 Å². The van der Waals surface area contributed by atoms with Gasteiger partial charge in [0.15, 0.2) is 0 Å². The summed E-state index contributed by atoms with van der Waals surface area (Å²) in [5, 5.41) is 11.3. The molecule has 0 saturated heterocycles. The van der Waals surface area contributed by atoms with Crippen molar-refractivity contribution in [3.8, 4) is 5.75 Å². The van der Waals surface area contributed by atoms with Gasteiger partial charge in [0.25, 0.3) is 0 Å². The Kier molecular flexibility index (Phi) is 4.55. The normalized spacial score (nSPS) is 12.2. The average molecular weight is 361 g/mol. The zero-order chi connectivity index (χ0) is 17.3. The average Bonchev–Trinajstić information content (AvgIpc) is 2.93. The third-order valence-corrected chi connectivity index (χ3v) is 5.93. The fourth-order valence-electron chi connectivity index (χ4n) is 2.38. The van der Waals surface area contributed by atoms with Crippen molar-refractivity contribution < 1.29 is 18.8 Å². The van der Waals surface area contributed by atoms with Gasteiger partial charge in [0.1, 0.15) is 16.3 Å². The molecule has 3 aromatic rings. The van der Waals surface area contributed by atoms with Crippen molar-refractivity contribution >= 4 is 43.2 Å². The molecule has 0 radical (unpaired) electrons. The molecule has 3 rings (SSSR count). The molecular formula is C17H15NO4S2. The van der Waals surface area contributed by atoms with Crippen LogP contribution in [0.25, 0.3) is 10.1 Å². The molecule has 1 aromatic heterocycles. The van der Waals surface area contributed by atoms with Gasteiger partial charge in [-0.05, 0) is 25.1 Å². The van der Waals surface area contributed by atoms with Gasteiger partial charge in [-0.1, -0.05) is 24.3 Å². The number of phenolic OH excluding ortho intramolecular Hbond substituents is 1. The molecule has 5 nitrogen and oxygen atoms in total. The van der Waals surface area contributed by atoms with E-state index in [1.54, 1.807) is 43.3 Å². The smallest absolute Gasteiger partial charge is 0.341 e. The van der Waals surface area contributed by atoms with E-state index in [1.807, 2.05) is 6.07 Å². The third kappa shape index (κ3) is 2.76. The van der Waals surface area contributed by atoms with Crippen LogP contribution in [0, 0.1) is 0 Å². The first-order valence-electron chi connectivity index (χ1n) is 7.22. The lowest BCUT2D eigenvalue weighted by atomic mass is 10.1. The molecule has 7 heteroatoms. The summed E-state index contributed by atoms with van der Waals surface area (Å²) in [4.78, 5) is 12.9. The Morgan fingerprint density at radius 3 is 2.62 bits per heavy atom. The summed E-state index contributed by atoms with van der Waals surface area (Å²) < 4.78 is 18.1. The Bertz CT molecular complexity index is 935. The van der Waals surface area contributed by atoms with Crippen molar-refractivity contribution in [3.05, 3.63) is 48.0 Å². The van der Waals surface area contributed by atoms with E-state index in [2.05, 4.69) is 0 Å². The molecule has 3 N–H and O–H groups in total. The van der Waals surface area contributed by atoms with Gasteiger partial charge in [-0.15, -0.1) is 11.3 Å². The highest BCUT2D eigenvalue weighted by Crippen LogP contribution is 2.42. The maximum Gasteiger partial charge on any atom is 0.341 e. The third-order valence-electron chi connectivity index (χ3n) is 3.46. The summed E-state index contributed by atoms with van der Waals surface area (Å²) in [6.07, 6.45) is 0. The molecule has 0 unspecified atom stereocenters. The predicted molar refractivity (Wildman–Crippen MR) is 95.0 cm³/mol. The molecule has 1 atom stereocenters. The Balaban J connectivity index is 2.13. The number of thiophene rings is 1. The maximum absolute atomic E-state index is 12.7. The van der Waals surface area contributed by atoms with E-state index in [9.17, 15) is 14.1 Å². The number of phenols is 1. The van der Waals surface area contributed by atoms with E-state index < -0.39 is 16.8 Å². The molecule has 0 aliphatic rings. The van der Waals surface area contributed by atoms with Crippen LogP contribution in [0.1, 0.15) is 17.3 Å². The van der Waals surface area contributed by atoms with Gasteiger partial charge in [-0.25, -0.2) is 9.00 Å². The number of anilines is 1. The maximum atomic E-state index is 12.7. The molecule has 0 aliphatic carbocycles. The minimum atomic E-state index is -1.53. The molecular weight excluding hydrogens is 346 g/mol. The lowest BCUT2D eigenvalue weighted by Gasteiger charge is -2.06. The second kappa shape index (κ2) is 6.62.